The first kappa shape index (κ1) is 15.8. The molecule has 2 unspecified atom stereocenters. The van der Waals surface area contributed by atoms with E-state index in [1.54, 1.807) is 12.1 Å². The van der Waals surface area contributed by atoms with Crippen LogP contribution in [0.5, 0.6) is 0 Å². The molecular formula is C18H24N2O3. The van der Waals surface area contributed by atoms with Crippen LogP contribution in [0.15, 0.2) is 18.2 Å². The van der Waals surface area contributed by atoms with Crippen molar-refractivity contribution in [3.8, 4) is 0 Å². The molecule has 1 saturated heterocycles. The standard InChI is InChI=1S/C18H24N2O3/c1-11-7-12(2)10-20(9-11)16-8-14(5-6-15(16)18(22)23)19-17(21)13-3-4-13/h5-6,8,11-13H,3-4,7,9-10H2,1-2H3,(H,19,21)(H,22,23). The lowest BCUT2D eigenvalue weighted by atomic mass is 9.91. The molecular weight excluding hydrogens is 292 g/mol. The Kier molecular flexibility index (Phi) is 4.28. The molecule has 0 spiro atoms. The van der Waals surface area contributed by atoms with Gasteiger partial charge in [0.25, 0.3) is 0 Å². The van der Waals surface area contributed by atoms with E-state index in [-0.39, 0.29) is 11.8 Å². The van der Waals surface area contributed by atoms with E-state index in [0.29, 0.717) is 28.8 Å². The van der Waals surface area contributed by atoms with E-state index in [2.05, 4.69) is 24.1 Å². The van der Waals surface area contributed by atoms with Crippen LogP contribution >= 0.6 is 0 Å². The predicted molar refractivity (Wildman–Crippen MR) is 89.9 cm³/mol. The Morgan fingerprint density at radius 2 is 1.83 bits per heavy atom. The summed E-state index contributed by atoms with van der Waals surface area (Å²) in [6.07, 6.45) is 3.07. The van der Waals surface area contributed by atoms with E-state index >= 15 is 0 Å². The molecule has 124 valence electrons. The van der Waals surface area contributed by atoms with Crippen LogP contribution < -0.4 is 10.2 Å². The molecule has 5 nitrogen and oxygen atoms in total. The average Bonchev–Trinajstić information content (AvgIpc) is 3.30. The van der Waals surface area contributed by atoms with Crippen LogP contribution in [0.25, 0.3) is 0 Å². The number of aromatic carboxylic acids is 1. The second-order valence-electron chi connectivity index (χ2n) is 7.15. The molecule has 1 aliphatic carbocycles. The summed E-state index contributed by atoms with van der Waals surface area (Å²) in [5.41, 5.74) is 1.70. The zero-order valence-electron chi connectivity index (χ0n) is 13.7. The van der Waals surface area contributed by atoms with Gasteiger partial charge in [-0.2, -0.15) is 0 Å². The van der Waals surface area contributed by atoms with E-state index in [4.69, 9.17) is 0 Å². The van der Waals surface area contributed by atoms with Crippen LogP contribution in [0.1, 0.15) is 43.5 Å². The van der Waals surface area contributed by atoms with Crippen molar-refractivity contribution in [3.63, 3.8) is 0 Å². The molecule has 1 amide bonds. The largest absolute Gasteiger partial charge is 0.478 e. The minimum Gasteiger partial charge on any atom is -0.478 e. The summed E-state index contributed by atoms with van der Waals surface area (Å²) in [6, 6.07) is 5.10. The van der Waals surface area contributed by atoms with E-state index in [9.17, 15) is 14.7 Å². The predicted octanol–water partition coefficient (Wildman–Crippen LogP) is 3.22. The molecule has 2 aliphatic rings. The van der Waals surface area contributed by atoms with Gasteiger partial charge in [0.15, 0.2) is 0 Å². The van der Waals surface area contributed by atoms with Gasteiger partial charge in [-0.1, -0.05) is 13.8 Å². The zero-order chi connectivity index (χ0) is 16.6. The van der Waals surface area contributed by atoms with E-state index < -0.39 is 5.97 Å². The maximum absolute atomic E-state index is 11.9. The molecule has 2 fully saturated rings. The van der Waals surface area contributed by atoms with Gasteiger partial charge in [-0.05, 0) is 49.3 Å². The second kappa shape index (κ2) is 6.22. The Morgan fingerprint density at radius 3 is 2.39 bits per heavy atom. The number of piperidine rings is 1. The molecule has 23 heavy (non-hydrogen) atoms. The van der Waals surface area contributed by atoms with Crippen LogP contribution in [-0.2, 0) is 4.79 Å². The highest BCUT2D eigenvalue weighted by Gasteiger charge is 2.30. The van der Waals surface area contributed by atoms with Gasteiger partial charge in [-0.15, -0.1) is 0 Å². The highest BCUT2D eigenvalue weighted by atomic mass is 16.4. The molecule has 5 heteroatoms. The summed E-state index contributed by atoms with van der Waals surface area (Å²) in [5, 5.41) is 12.4. The van der Waals surface area contributed by atoms with E-state index in [1.165, 1.54) is 0 Å². The molecule has 2 atom stereocenters. The quantitative estimate of drug-likeness (QED) is 0.895. The van der Waals surface area contributed by atoms with Gasteiger partial charge in [-0.25, -0.2) is 4.79 Å². The van der Waals surface area contributed by atoms with E-state index in [0.717, 1.165) is 32.4 Å². The Morgan fingerprint density at radius 1 is 1.17 bits per heavy atom. The number of hydrogen-bond acceptors (Lipinski definition) is 3. The van der Waals surface area contributed by atoms with E-state index in [1.807, 2.05) is 6.07 Å². The molecule has 0 aromatic heterocycles. The maximum Gasteiger partial charge on any atom is 0.337 e. The Balaban J connectivity index is 1.88. The van der Waals surface area contributed by atoms with Gasteiger partial charge in [-0.3, -0.25) is 4.79 Å². The van der Waals surface area contributed by atoms with Gasteiger partial charge in [0.05, 0.1) is 11.3 Å². The molecule has 0 radical (unpaired) electrons. The van der Waals surface area contributed by atoms with Gasteiger partial charge in [0.1, 0.15) is 0 Å². The van der Waals surface area contributed by atoms with Crippen LogP contribution in [0, 0.1) is 17.8 Å². The molecule has 1 aromatic rings. The summed E-state index contributed by atoms with van der Waals surface area (Å²) in [6.45, 7) is 6.10. The van der Waals surface area contributed by atoms with Crippen LogP contribution in [0.2, 0.25) is 0 Å². The number of rotatable bonds is 4. The highest BCUT2D eigenvalue weighted by molar-refractivity contribution is 5.98. The molecule has 1 heterocycles. The van der Waals surface area contributed by atoms with Gasteiger partial charge in [0, 0.05) is 24.7 Å². The summed E-state index contributed by atoms with van der Waals surface area (Å²) in [7, 11) is 0. The molecule has 1 aliphatic heterocycles. The number of nitrogens with zero attached hydrogens (tertiary/aromatic N) is 1. The number of carbonyl (C=O) groups excluding carboxylic acids is 1. The number of carboxylic acids is 1. The first-order valence-electron chi connectivity index (χ1n) is 8.37. The number of carbonyl (C=O) groups is 2. The fraction of sp³-hybridized carbons (Fsp3) is 0.556. The monoisotopic (exact) mass is 316 g/mol. The number of anilines is 2. The van der Waals surface area contributed by atoms with Crippen molar-refractivity contribution in [2.24, 2.45) is 17.8 Å². The number of benzene rings is 1. The normalized spacial score (nSPS) is 24.3. The first-order valence-corrected chi connectivity index (χ1v) is 8.37. The zero-order valence-corrected chi connectivity index (χ0v) is 13.7. The molecule has 2 N–H and O–H groups in total. The Labute approximate surface area is 136 Å². The minimum absolute atomic E-state index is 0.0411. The number of nitrogens with one attached hydrogen (secondary N) is 1. The van der Waals surface area contributed by atoms with Gasteiger partial charge >= 0.3 is 5.97 Å². The van der Waals surface area contributed by atoms with Crippen molar-refractivity contribution < 1.29 is 14.7 Å². The molecule has 3 rings (SSSR count). The van der Waals surface area contributed by atoms with Gasteiger partial charge in [0.2, 0.25) is 5.91 Å². The Hall–Kier alpha value is -2.04. The Bertz CT molecular complexity index is 615. The number of amides is 1. The maximum atomic E-state index is 11.9. The minimum atomic E-state index is -0.925. The van der Waals surface area contributed by atoms with Crippen molar-refractivity contribution in [1.82, 2.24) is 0 Å². The fourth-order valence-corrected chi connectivity index (χ4v) is 3.50. The van der Waals surface area contributed by atoms with Gasteiger partial charge < -0.3 is 15.3 Å². The van der Waals surface area contributed by atoms with Crippen LogP contribution in [0.3, 0.4) is 0 Å². The van der Waals surface area contributed by atoms with Crippen molar-refractivity contribution >= 4 is 23.3 Å². The third-order valence-electron chi connectivity index (χ3n) is 4.65. The SMILES string of the molecule is CC1CC(C)CN(c2cc(NC(=O)C3CC3)ccc2C(=O)O)C1. The lowest BCUT2D eigenvalue weighted by molar-refractivity contribution is -0.117. The first-order chi connectivity index (χ1) is 10.9. The third kappa shape index (κ3) is 3.66. The third-order valence-corrected chi connectivity index (χ3v) is 4.65. The number of carboxylic acid groups (broad SMARTS) is 1. The average molecular weight is 316 g/mol. The van der Waals surface area contributed by atoms with Crippen molar-refractivity contribution in [3.05, 3.63) is 23.8 Å². The highest BCUT2D eigenvalue weighted by Crippen LogP contribution is 2.33. The summed E-state index contributed by atoms with van der Waals surface area (Å²) in [5.74, 6) is 0.313. The lowest BCUT2D eigenvalue weighted by Crippen LogP contribution is -2.39. The van der Waals surface area contributed by atoms with Crippen LogP contribution in [0.4, 0.5) is 11.4 Å². The second-order valence-corrected chi connectivity index (χ2v) is 7.15. The lowest BCUT2D eigenvalue weighted by Gasteiger charge is -2.37. The smallest absolute Gasteiger partial charge is 0.337 e. The summed E-state index contributed by atoms with van der Waals surface area (Å²) in [4.78, 5) is 25.7. The fourth-order valence-electron chi connectivity index (χ4n) is 3.50. The topological polar surface area (TPSA) is 69.6 Å². The van der Waals surface area contributed by atoms with Crippen molar-refractivity contribution in [1.29, 1.82) is 0 Å². The molecule has 1 saturated carbocycles. The summed E-state index contributed by atoms with van der Waals surface area (Å²) >= 11 is 0. The molecule has 0 bridgehead atoms. The van der Waals surface area contributed by atoms with Crippen LogP contribution in [-0.4, -0.2) is 30.1 Å². The molecule has 1 aromatic carbocycles. The number of hydrogen-bond donors (Lipinski definition) is 2. The van der Waals surface area contributed by atoms with Crippen molar-refractivity contribution in [2.45, 2.75) is 33.1 Å². The summed E-state index contributed by atoms with van der Waals surface area (Å²) < 4.78 is 0. The van der Waals surface area contributed by atoms with Crippen molar-refractivity contribution in [2.75, 3.05) is 23.3 Å².